The van der Waals surface area contributed by atoms with Crippen molar-refractivity contribution in [3.05, 3.63) is 75.2 Å². The van der Waals surface area contributed by atoms with E-state index in [4.69, 9.17) is 32.9 Å². The van der Waals surface area contributed by atoms with Crippen LogP contribution in [-0.4, -0.2) is 78.1 Å². The predicted octanol–water partition coefficient (Wildman–Crippen LogP) is 5.53. The smallest absolute Gasteiger partial charge is 0.269 e. The molecule has 3 heterocycles. The van der Waals surface area contributed by atoms with Gasteiger partial charge in [-0.1, -0.05) is 31.2 Å². The summed E-state index contributed by atoms with van der Waals surface area (Å²) in [5.41, 5.74) is 4.85. The second-order valence-electron chi connectivity index (χ2n) is 9.29. The number of benzene rings is 2. The molecule has 1 atom stereocenters. The van der Waals surface area contributed by atoms with Crippen molar-refractivity contribution in [3.63, 3.8) is 0 Å². The number of nitrogens with one attached hydrogen (secondary N) is 3. The normalized spacial score (nSPS) is 13.5. The van der Waals surface area contributed by atoms with E-state index in [9.17, 15) is 19.1 Å². The highest BCUT2D eigenvalue weighted by Gasteiger charge is 2.22. The number of imidazole rings is 1. The van der Waals surface area contributed by atoms with Crippen LogP contribution in [0.5, 0.6) is 0 Å². The number of anilines is 2. The van der Waals surface area contributed by atoms with E-state index in [1.807, 2.05) is 13.0 Å². The van der Waals surface area contributed by atoms with Crippen LogP contribution in [0, 0.1) is 6.92 Å². The maximum Gasteiger partial charge on any atom is 0.269 e. The van der Waals surface area contributed by atoms with Gasteiger partial charge in [-0.15, -0.1) is 11.6 Å². The van der Waals surface area contributed by atoms with E-state index in [2.05, 4.69) is 27.7 Å². The van der Waals surface area contributed by atoms with Crippen molar-refractivity contribution in [1.29, 1.82) is 1.45 Å². The predicted molar refractivity (Wildman–Crippen MR) is 170 cm³/mol. The third-order valence-corrected chi connectivity index (χ3v) is 7.25. The fourth-order valence-electron chi connectivity index (χ4n) is 4.77. The van der Waals surface area contributed by atoms with Gasteiger partial charge in [0.15, 0.2) is 0 Å². The first-order valence-corrected chi connectivity index (χ1v) is 13.6. The Morgan fingerprint density at radius 3 is 2.62 bits per heavy atom. The van der Waals surface area contributed by atoms with Gasteiger partial charge in [-0.05, 0) is 48.4 Å². The minimum absolute atomic E-state index is 0. The number of carbonyl (C=O) groups is 1. The number of rotatable bonds is 7. The van der Waals surface area contributed by atoms with E-state index < -0.39 is 6.10 Å². The minimum Gasteiger partial charge on any atom is -0.387 e. The fourth-order valence-corrected chi connectivity index (χ4v) is 5.14. The molecule has 9 nitrogen and oxygen atoms in total. The monoisotopic (exact) mass is 630 g/mol. The molecule has 1 aliphatic rings. The second kappa shape index (κ2) is 15.5. The maximum atomic E-state index is 12.9. The van der Waals surface area contributed by atoms with Crippen LogP contribution in [0.1, 0.15) is 26.1 Å². The number of aliphatic hydroxyl groups is 1. The van der Waals surface area contributed by atoms with Crippen molar-refractivity contribution in [1.82, 2.24) is 19.9 Å². The van der Waals surface area contributed by atoms with Gasteiger partial charge in [0.25, 0.3) is 7.01 Å². The van der Waals surface area contributed by atoms with E-state index in [1.54, 1.807) is 41.4 Å². The molecule has 5 rings (SSSR count). The molecule has 0 spiro atoms. The number of piperazine rings is 1. The number of amides is 1. The molecule has 4 aromatic rings. The average Bonchev–Trinajstić information content (AvgIpc) is 3.46. The highest BCUT2D eigenvalue weighted by molar-refractivity contribution is 6.30. The zero-order valence-corrected chi connectivity index (χ0v) is 24.1. The highest BCUT2D eigenvalue weighted by atomic mass is 35.5. The van der Waals surface area contributed by atoms with E-state index in [-0.39, 0.29) is 32.7 Å². The summed E-state index contributed by atoms with van der Waals surface area (Å²) in [5.74, 6) is 0.380. The molecule has 2 aromatic heterocycles. The minimum atomic E-state index is -0.818. The maximum absolute atomic E-state index is 12.9. The average molecular weight is 632 g/mol. The lowest BCUT2D eigenvalue weighted by Crippen LogP contribution is -2.49. The van der Waals surface area contributed by atoms with Crippen LogP contribution in [0.25, 0.3) is 22.4 Å². The molecule has 1 amide bonds. The van der Waals surface area contributed by atoms with Gasteiger partial charge in [0.2, 0.25) is 5.91 Å². The Bertz CT molecular complexity index is 1550. The quantitative estimate of drug-likeness (QED) is 0.199. The van der Waals surface area contributed by atoms with Gasteiger partial charge in [0, 0.05) is 51.1 Å². The van der Waals surface area contributed by atoms with Gasteiger partial charge < -0.3 is 30.2 Å². The summed E-state index contributed by atoms with van der Waals surface area (Å²) in [4.78, 5) is 39.6. The van der Waals surface area contributed by atoms with E-state index >= 15 is 0 Å². The Hall–Kier alpha value is -3.67. The molecule has 42 heavy (non-hydrogen) atoms. The summed E-state index contributed by atoms with van der Waals surface area (Å²) < 4.78 is 22.5. The Balaban J connectivity index is 0.00000155. The number of fused-ring (bicyclic) bond motifs is 1. The Morgan fingerprint density at radius 2 is 1.95 bits per heavy atom. The SMILES string of the molecule is C.CF.Cc1cc(N2CCN(C(=O)CCl)CC2)cc2[nH]c(-c3c(NC[C@@H](O)c4cccc(Cl)c4)cc[nH]c3=O)nc12.[3HH].[3H]F. The third kappa shape index (κ3) is 7.58. The molecular weight excluding hydrogens is 589 g/mol. The van der Waals surface area contributed by atoms with Crippen LogP contribution < -0.4 is 15.8 Å². The van der Waals surface area contributed by atoms with Crippen LogP contribution in [0.4, 0.5) is 20.5 Å². The zero-order valence-electron chi connectivity index (χ0n) is 23.6. The van der Waals surface area contributed by atoms with Crippen molar-refractivity contribution >= 4 is 51.5 Å². The van der Waals surface area contributed by atoms with Crippen LogP contribution in [0.3, 0.4) is 0 Å². The van der Waals surface area contributed by atoms with E-state index in [0.717, 1.165) is 22.3 Å². The fraction of sp³-hybridized carbons (Fsp3) is 0.345. The second-order valence-corrected chi connectivity index (χ2v) is 10.00. The van der Waals surface area contributed by atoms with Gasteiger partial charge >= 0.3 is 0 Å². The van der Waals surface area contributed by atoms with Gasteiger partial charge in [0.1, 0.15) is 17.3 Å². The standard InChI is InChI=1S/C27H28Cl2N6O3.CH3F.CH4.FH.H2/c1-16-11-19(34-7-9-35(10-8-34)23(37)14-28)13-21-25(16)33-26(32-21)24-20(5-6-30-27(24)38)31-15-22(36)17-3-2-4-18(29)12-17;1-2;;;/h2-6,11-13,22,36H,7-10,14-15H2,1H3,(H,32,33)(H2,30,31,38);1H3;1H4;2*1H/t22-;;;;/m1..../s1/i;;;;1+2/hT. The summed E-state index contributed by atoms with van der Waals surface area (Å²) in [6.45, 7) is 4.81. The zero-order chi connectivity index (χ0) is 30.8. The van der Waals surface area contributed by atoms with E-state index in [0.29, 0.717) is 61.0 Å². The number of nitrogens with zero attached hydrogens (tertiary/aromatic N) is 3. The number of aryl methyl sites for hydroxylation is 1. The number of pyridine rings is 1. The molecule has 1 saturated heterocycles. The molecular formula is C29H38Cl2F2N6O3. The molecule has 0 radical (unpaired) electrons. The van der Waals surface area contributed by atoms with Crippen LogP contribution in [0.2, 0.25) is 5.02 Å². The van der Waals surface area contributed by atoms with Crippen molar-refractivity contribution in [2.45, 2.75) is 20.5 Å². The van der Waals surface area contributed by atoms with Gasteiger partial charge in [-0.3, -0.25) is 18.7 Å². The van der Waals surface area contributed by atoms with Gasteiger partial charge in [-0.25, -0.2) is 4.98 Å². The number of halogens is 4. The summed E-state index contributed by atoms with van der Waals surface area (Å²) in [6, 6.07) is 12.9. The number of alkyl halides is 2. The molecule has 0 unspecified atom stereocenters. The Labute approximate surface area is 256 Å². The number of aromatic nitrogens is 3. The molecule has 0 saturated carbocycles. The number of carbonyl (C=O) groups excluding carboxylic acids is 1. The third-order valence-electron chi connectivity index (χ3n) is 6.79. The number of aliphatic hydroxyl groups excluding tert-OH is 1. The topological polar surface area (TPSA) is 117 Å². The Morgan fingerprint density at radius 1 is 1.24 bits per heavy atom. The van der Waals surface area contributed by atoms with Crippen molar-refractivity contribution < 1.29 is 20.4 Å². The first kappa shape index (κ1) is 32.8. The molecule has 0 bridgehead atoms. The van der Waals surface area contributed by atoms with Crippen molar-refractivity contribution in [2.24, 2.45) is 0 Å². The van der Waals surface area contributed by atoms with Gasteiger partial charge in [0.05, 0.1) is 30.0 Å². The summed E-state index contributed by atoms with van der Waals surface area (Å²) in [5, 5.41) is 14.4. The van der Waals surface area contributed by atoms with Crippen molar-refractivity contribution in [3.8, 4) is 11.4 Å². The number of H-pyrrole nitrogens is 2. The van der Waals surface area contributed by atoms with Gasteiger partial charge in [-0.2, -0.15) is 0 Å². The Kier molecular flexibility index (Phi) is 12.1. The van der Waals surface area contributed by atoms with E-state index in [1.165, 1.54) is 0 Å². The number of hydrogen-bond donors (Lipinski definition) is 4. The summed E-state index contributed by atoms with van der Waals surface area (Å²) in [7, 11) is 0.500. The molecule has 4 N–H and O–H groups in total. The molecule has 2 aromatic carbocycles. The van der Waals surface area contributed by atoms with Crippen LogP contribution in [0.15, 0.2) is 53.5 Å². The number of hydrogen-bond acceptors (Lipinski definition) is 6. The first-order chi connectivity index (χ1) is 20.3. The lowest BCUT2D eigenvalue weighted by Gasteiger charge is -2.36. The summed E-state index contributed by atoms with van der Waals surface area (Å²) >= 11 is 11.8. The van der Waals surface area contributed by atoms with Crippen LogP contribution in [-0.2, 0) is 4.79 Å². The lowest BCUT2D eigenvalue weighted by molar-refractivity contribution is -0.128. The largest absolute Gasteiger partial charge is 0.387 e. The molecule has 1 aliphatic heterocycles. The first-order valence-electron chi connectivity index (χ1n) is 13.1. The summed E-state index contributed by atoms with van der Waals surface area (Å²) in [6.07, 6.45) is 0.738. The molecule has 230 valence electrons. The number of aromatic amines is 2. The van der Waals surface area contributed by atoms with Crippen LogP contribution >= 0.6 is 23.2 Å². The molecule has 1 fully saturated rings. The highest BCUT2D eigenvalue weighted by Crippen LogP contribution is 2.30. The molecule has 0 aliphatic carbocycles. The molecule has 13 heteroatoms. The van der Waals surface area contributed by atoms with Crippen molar-refractivity contribution in [2.75, 3.05) is 56.0 Å². The lowest BCUT2D eigenvalue weighted by atomic mass is 10.1.